The van der Waals surface area contributed by atoms with Gasteiger partial charge in [-0.3, -0.25) is 0 Å². The van der Waals surface area contributed by atoms with Gasteiger partial charge in [0, 0.05) is 18.8 Å². The molecule has 0 aliphatic rings. The molecule has 0 spiro atoms. The zero-order valence-electron chi connectivity index (χ0n) is 12.0. The van der Waals surface area contributed by atoms with Crippen LogP contribution in [0.15, 0.2) is 24.4 Å². The summed E-state index contributed by atoms with van der Waals surface area (Å²) in [6.45, 7) is 5.88. The second kappa shape index (κ2) is 7.64. The first-order chi connectivity index (χ1) is 10.1. The maximum atomic E-state index is 6.03. The molecule has 0 saturated carbocycles. The van der Waals surface area contributed by atoms with Crippen molar-refractivity contribution in [1.29, 1.82) is 0 Å². The van der Waals surface area contributed by atoms with E-state index < -0.39 is 0 Å². The molecule has 2 rings (SSSR count). The Labute approximate surface area is 134 Å². The SMILES string of the molecule is CC(C)NCc1cn(CCOc2c(Cl)cccc2Cl)nn1. The molecular weight excluding hydrogens is 311 g/mol. The molecule has 0 radical (unpaired) electrons. The number of rotatable bonds is 7. The van der Waals surface area contributed by atoms with Gasteiger partial charge in [-0.25, -0.2) is 4.68 Å². The largest absolute Gasteiger partial charge is 0.489 e. The van der Waals surface area contributed by atoms with Gasteiger partial charge in [0.2, 0.25) is 0 Å². The highest BCUT2D eigenvalue weighted by atomic mass is 35.5. The molecule has 0 unspecified atom stereocenters. The predicted octanol–water partition coefficient (Wildman–Crippen LogP) is 3.16. The van der Waals surface area contributed by atoms with Crippen LogP contribution in [0.1, 0.15) is 19.5 Å². The number of hydrogen-bond donors (Lipinski definition) is 1. The maximum Gasteiger partial charge on any atom is 0.156 e. The lowest BCUT2D eigenvalue weighted by atomic mass is 10.3. The van der Waals surface area contributed by atoms with Crippen molar-refractivity contribution in [3.63, 3.8) is 0 Å². The summed E-state index contributed by atoms with van der Waals surface area (Å²) in [5, 5.41) is 12.4. The lowest BCUT2D eigenvalue weighted by Gasteiger charge is -2.09. The average Bonchev–Trinajstić information content (AvgIpc) is 2.88. The number of aromatic nitrogens is 3. The third-order valence-corrected chi connectivity index (χ3v) is 3.36. The van der Waals surface area contributed by atoms with Crippen molar-refractivity contribution in [2.24, 2.45) is 0 Å². The van der Waals surface area contributed by atoms with Crippen molar-refractivity contribution in [3.05, 3.63) is 40.1 Å². The molecule has 1 aromatic heterocycles. The molecule has 5 nitrogen and oxygen atoms in total. The Hall–Kier alpha value is -1.30. The number of ether oxygens (including phenoxy) is 1. The fourth-order valence-corrected chi connectivity index (χ4v) is 2.21. The van der Waals surface area contributed by atoms with Gasteiger partial charge >= 0.3 is 0 Å². The van der Waals surface area contributed by atoms with E-state index in [1.165, 1.54) is 0 Å². The van der Waals surface area contributed by atoms with Gasteiger partial charge in [-0.05, 0) is 12.1 Å². The van der Waals surface area contributed by atoms with E-state index in [2.05, 4.69) is 29.5 Å². The minimum atomic E-state index is 0.417. The predicted molar refractivity (Wildman–Crippen MR) is 84.0 cm³/mol. The fourth-order valence-electron chi connectivity index (χ4n) is 1.70. The van der Waals surface area contributed by atoms with E-state index in [-0.39, 0.29) is 0 Å². The minimum absolute atomic E-state index is 0.417. The second-order valence-corrected chi connectivity index (χ2v) is 5.72. The van der Waals surface area contributed by atoms with E-state index in [0.717, 1.165) is 5.69 Å². The van der Waals surface area contributed by atoms with Gasteiger partial charge in [-0.15, -0.1) is 5.10 Å². The molecule has 0 fully saturated rings. The van der Waals surface area contributed by atoms with Gasteiger partial charge in [-0.1, -0.05) is 48.3 Å². The molecule has 1 N–H and O–H groups in total. The van der Waals surface area contributed by atoms with Crippen LogP contribution in [-0.4, -0.2) is 27.6 Å². The van der Waals surface area contributed by atoms with E-state index in [1.54, 1.807) is 22.9 Å². The fraction of sp³-hybridized carbons (Fsp3) is 0.429. The highest BCUT2D eigenvalue weighted by Crippen LogP contribution is 2.32. The summed E-state index contributed by atoms with van der Waals surface area (Å²) in [5.41, 5.74) is 0.902. The van der Waals surface area contributed by atoms with E-state index in [4.69, 9.17) is 27.9 Å². The van der Waals surface area contributed by atoms with Crippen LogP contribution in [-0.2, 0) is 13.1 Å². The van der Waals surface area contributed by atoms with Crippen molar-refractivity contribution >= 4 is 23.2 Å². The number of nitrogens with zero attached hydrogens (tertiary/aromatic N) is 3. The van der Waals surface area contributed by atoms with Crippen LogP contribution in [0.2, 0.25) is 10.0 Å². The monoisotopic (exact) mass is 328 g/mol. The number of halogens is 2. The summed E-state index contributed by atoms with van der Waals surface area (Å²) >= 11 is 12.1. The molecule has 114 valence electrons. The molecule has 0 amide bonds. The van der Waals surface area contributed by atoms with Crippen molar-refractivity contribution in [1.82, 2.24) is 20.3 Å². The third kappa shape index (κ3) is 4.88. The third-order valence-electron chi connectivity index (χ3n) is 2.76. The van der Waals surface area contributed by atoms with Gasteiger partial charge in [0.1, 0.15) is 6.61 Å². The zero-order valence-corrected chi connectivity index (χ0v) is 13.5. The molecule has 7 heteroatoms. The van der Waals surface area contributed by atoms with Crippen molar-refractivity contribution < 1.29 is 4.74 Å². The second-order valence-electron chi connectivity index (χ2n) is 4.91. The first-order valence-corrected chi connectivity index (χ1v) is 7.51. The normalized spacial score (nSPS) is 11.1. The quantitative estimate of drug-likeness (QED) is 0.848. The van der Waals surface area contributed by atoms with Crippen molar-refractivity contribution in [2.45, 2.75) is 33.0 Å². The van der Waals surface area contributed by atoms with Gasteiger partial charge in [0.25, 0.3) is 0 Å². The van der Waals surface area contributed by atoms with Gasteiger partial charge in [0.15, 0.2) is 5.75 Å². The summed E-state index contributed by atoms with van der Waals surface area (Å²) in [4.78, 5) is 0. The van der Waals surface area contributed by atoms with Gasteiger partial charge in [-0.2, -0.15) is 0 Å². The molecule has 0 aliphatic heterocycles. The Bertz CT molecular complexity index is 566. The Kier molecular flexibility index (Phi) is 5.85. The molecular formula is C14H18Cl2N4O. The molecule has 1 aromatic carbocycles. The van der Waals surface area contributed by atoms with E-state index in [0.29, 0.717) is 41.5 Å². The summed E-state index contributed by atoms with van der Waals surface area (Å²) in [6.07, 6.45) is 1.90. The smallest absolute Gasteiger partial charge is 0.156 e. The first-order valence-electron chi connectivity index (χ1n) is 6.75. The van der Waals surface area contributed by atoms with Gasteiger partial charge < -0.3 is 10.1 Å². The van der Waals surface area contributed by atoms with Gasteiger partial charge in [0.05, 0.1) is 22.3 Å². The highest BCUT2D eigenvalue weighted by Gasteiger charge is 2.07. The molecule has 0 aliphatic carbocycles. The van der Waals surface area contributed by atoms with Crippen LogP contribution in [0, 0.1) is 0 Å². The number of benzene rings is 1. The Morgan fingerprint density at radius 1 is 1.29 bits per heavy atom. The number of nitrogens with one attached hydrogen (secondary N) is 1. The number of hydrogen-bond acceptors (Lipinski definition) is 4. The lowest BCUT2D eigenvalue weighted by Crippen LogP contribution is -2.21. The minimum Gasteiger partial charge on any atom is -0.489 e. The van der Waals surface area contributed by atoms with Crippen LogP contribution in [0.5, 0.6) is 5.75 Å². The van der Waals surface area contributed by atoms with Crippen LogP contribution in [0.4, 0.5) is 0 Å². The van der Waals surface area contributed by atoms with Crippen LogP contribution in [0.25, 0.3) is 0 Å². The summed E-state index contributed by atoms with van der Waals surface area (Å²) < 4.78 is 7.35. The molecule has 21 heavy (non-hydrogen) atoms. The van der Waals surface area contributed by atoms with Crippen molar-refractivity contribution in [3.8, 4) is 5.75 Å². The number of para-hydroxylation sites is 1. The molecule has 0 bridgehead atoms. The maximum absolute atomic E-state index is 6.03. The standard InChI is InChI=1S/C14H18Cl2N4O/c1-10(2)17-8-11-9-20(19-18-11)6-7-21-14-12(15)4-3-5-13(14)16/h3-5,9-10,17H,6-8H2,1-2H3. The highest BCUT2D eigenvalue weighted by molar-refractivity contribution is 6.37. The lowest BCUT2D eigenvalue weighted by molar-refractivity contribution is 0.290. The summed E-state index contributed by atoms with van der Waals surface area (Å²) in [6, 6.07) is 5.69. The van der Waals surface area contributed by atoms with Crippen LogP contribution < -0.4 is 10.1 Å². The topological polar surface area (TPSA) is 52.0 Å². The van der Waals surface area contributed by atoms with Crippen LogP contribution >= 0.6 is 23.2 Å². The molecule has 1 heterocycles. The summed E-state index contributed by atoms with van der Waals surface area (Å²) in [5.74, 6) is 0.502. The molecule has 2 aromatic rings. The first kappa shape index (κ1) is 16.1. The van der Waals surface area contributed by atoms with E-state index >= 15 is 0 Å². The summed E-state index contributed by atoms with van der Waals surface area (Å²) in [7, 11) is 0. The molecule has 0 saturated heterocycles. The van der Waals surface area contributed by atoms with Crippen molar-refractivity contribution in [2.75, 3.05) is 6.61 Å². The zero-order chi connectivity index (χ0) is 15.2. The van der Waals surface area contributed by atoms with E-state index in [1.807, 2.05) is 6.20 Å². The van der Waals surface area contributed by atoms with Crippen LogP contribution in [0.3, 0.4) is 0 Å². The Morgan fingerprint density at radius 2 is 2.00 bits per heavy atom. The average molecular weight is 329 g/mol. The molecule has 0 atom stereocenters. The van der Waals surface area contributed by atoms with E-state index in [9.17, 15) is 0 Å². The Morgan fingerprint density at radius 3 is 2.67 bits per heavy atom. The Balaban J connectivity index is 1.84.